The van der Waals surface area contributed by atoms with Gasteiger partial charge in [-0.2, -0.15) is 0 Å². The van der Waals surface area contributed by atoms with Crippen molar-refractivity contribution in [3.63, 3.8) is 0 Å². The fourth-order valence-corrected chi connectivity index (χ4v) is 1.75. The molecule has 1 aromatic rings. The Morgan fingerprint density at radius 1 is 1.25 bits per heavy atom. The van der Waals surface area contributed by atoms with Gasteiger partial charge in [0.25, 0.3) is 0 Å². The number of nitrogens with two attached hydrogens (primary N) is 1. The van der Waals surface area contributed by atoms with Crippen LogP contribution in [0.3, 0.4) is 0 Å². The van der Waals surface area contributed by atoms with Crippen molar-refractivity contribution in [3.8, 4) is 5.75 Å². The Kier molecular flexibility index (Phi) is 4.81. The van der Waals surface area contributed by atoms with Crippen molar-refractivity contribution in [1.29, 1.82) is 0 Å². The summed E-state index contributed by atoms with van der Waals surface area (Å²) in [6.45, 7) is 7.20. The lowest BCUT2D eigenvalue weighted by Gasteiger charge is -2.13. The molecule has 0 fully saturated rings. The molecule has 0 bridgehead atoms. The van der Waals surface area contributed by atoms with E-state index in [-0.39, 0.29) is 0 Å². The molecule has 0 aliphatic heterocycles. The summed E-state index contributed by atoms with van der Waals surface area (Å²) in [7, 11) is 1.74. The summed E-state index contributed by atoms with van der Waals surface area (Å²) < 4.78 is 5.42. The van der Waals surface area contributed by atoms with Gasteiger partial charge in [0.1, 0.15) is 5.75 Å². The van der Waals surface area contributed by atoms with Crippen LogP contribution in [0.15, 0.2) is 12.1 Å². The van der Waals surface area contributed by atoms with Crippen LogP contribution in [-0.2, 0) is 6.42 Å². The van der Waals surface area contributed by atoms with Crippen LogP contribution in [0.2, 0.25) is 0 Å². The van der Waals surface area contributed by atoms with Gasteiger partial charge in [-0.15, -0.1) is 0 Å². The first-order valence-corrected chi connectivity index (χ1v) is 5.92. The molecule has 0 saturated heterocycles. The molecule has 0 saturated carbocycles. The van der Waals surface area contributed by atoms with E-state index < -0.39 is 0 Å². The van der Waals surface area contributed by atoms with Crippen molar-refractivity contribution in [2.24, 2.45) is 11.7 Å². The number of hydrogen-bond donors (Lipinski definition) is 1. The van der Waals surface area contributed by atoms with E-state index in [0.29, 0.717) is 5.92 Å². The molecule has 0 heterocycles. The van der Waals surface area contributed by atoms with Crippen LogP contribution in [0.25, 0.3) is 0 Å². The second-order valence-corrected chi connectivity index (χ2v) is 4.63. The molecule has 0 aliphatic carbocycles. The van der Waals surface area contributed by atoms with E-state index in [9.17, 15) is 0 Å². The van der Waals surface area contributed by atoms with E-state index in [1.165, 1.54) is 16.7 Å². The van der Waals surface area contributed by atoms with Gasteiger partial charge in [0, 0.05) is 0 Å². The van der Waals surface area contributed by atoms with Crippen molar-refractivity contribution < 1.29 is 4.74 Å². The molecule has 2 heteroatoms. The first-order chi connectivity index (χ1) is 7.58. The topological polar surface area (TPSA) is 35.2 Å². The van der Waals surface area contributed by atoms with Crippen LogP contribution in [0.4, 0.5) is 0 Å². The summed E-state index contributed by atoms with van der Waals surface area (Å²) in [5, 5.41) is 0. The Labute approximate surface area is 98.8 Å². The molecule has 0 spiro atoms. The lowest BCUT2D eigenvalue weighted by atomic mass is 9.97. The smallest absolute Gasteiger partial charge is 0.122 e. The predicted octanol–water partition coefficient (Wildman–Crippen LogP) is 2.84. The van der Waals surface area contributed by atoms with Gasteiger partial charge in [0.05, 0.1) is 7.11 Å². The van der Waals surface area contributed by atoms with Gasteiger partial charge in [-0.25, -0.2) is 0 Å². The average Bonchev–Trinajstić information content (AvgIpc) is 2.29. The third-order valence-corrected chi connectivity index (χ3v) is 3.21. The Bertz CT molecular complexity index is 347. The summed E-state index contributed by atoms with van der Waals surface area (Å²) in [6, 6.07) is 4.36. The van der Waals surface area contributed by atoms with Gasteiger partial charge in [0.2, 0.25) is 0 Å². The summed E-state index contributed by atoms with van der Waals surface area (Å²) in [5.41, 5.74) is 9.54. The quantitative estimate of drug-likeness (QED) is 0.829. The molecule has 90 valence electrons. The third-order valence-electron chi connectivity index (χ3n) is 3.21. The Balaban J connectivity index is 2.81. The largest absolute Gasteiger partial charge is 0.496 e. The average molecular weight is 221 g/mol. The van der Waals surface area contributed by atoms with E-state index in [1.54, 1.807) is 7.11 Å². The van der Waals surface area contributed by atoms with Crippen molar-refractivity contribution in [2.45, 2.75) is 33.6 Å². The lowest BCUT2D eigenvalue weighted by molar-refractivity contribution is 0.406. The molecular formula is C14H23NO. The van der Waals surface area contributed by atoms with Gasteiger partial charge in [-0.1, -0.05) is 13.0 Å². The van der Waals surface area contributed by atoms with E-state index in [1.807, 2.05) is 0 Å². The molecule has 1 atom stereocenters. The van der Waals surface area contributed by atoms with Crippen molar-refractivity contribution in [3.05, 3.63) is 28.8 Å². The molecule has 2 nitrogen and oxygen atoms in total. The molecule has 1 unspecified atom stereocenters. The zero-order valence-corrected chi connectivity index (χ0v) is 10.8. The summed E-state index contributed by atoms with van der Waals surface area (Å²) >= 11 is 0. The first kappa shape index (κ1) is 13.0. The van der Waals surface area contributed by atoms with Gasteiger partial charge < -0.3 is 10.5 Å². The maximum atomic E-state index is 5.63. The minimum Gasteiger partial charge on any atom is -0.496 e. The second-order valence-electron chi connectivity index (χ2n) is 4.63. The number of ether oxygens (including phenoxy) is 1. The number of benzene rings is 1. The predicted molar refractivity (Wildman–Crippen MR) is 69.0 cm³/mol. The van der Waals surface area contributed by atoms with Crippen molar-refractivity contribution in [1.82, 2.24) is 0 Å². The van der Waals surface area contributed by atoms with E-state index in [2.05, 4.69) is 32.9 Å². The standard InChI is InChI=1S/C14H23NO/c1-10(9-15)5-6-13-7-11(2)12(3)8-14(13)16-4/h7-8,10H,5-6,9,15H2,1-4H3. The highest BCUT2D eigenvalue weighted by molar-refractivity contribution is 5.41. The molecule has 0 radical (unpaired) electrons. The Hall–Kier alpha value is -1.02. The monoisotopic (exact) mass is 221 g/mol. The Morgan fingerprint density at radius 2 is 1.88 bits per heavy atom. The highest BCUT2D eigenvalue weighted by Gasteiger charge is 2.07. The van der Waals surface area contributed by atoms with E-state index >= 15 is 0 Å². The molecule has 0 amide bonds. The maximum Gasteiger partial charge on any atom is 0.122 e. The molecule has 0 aliphatic rings. The summed E-state index contributed by atoms with van der Waals surface area (Å²) in [4.78, 5) is 0. The Morgan fingerprint density at radius 3 is 2.44 bits per heavy atom. The van der Waals surface area contributed by atoms with Crippen molar-refractivity contribution in [2.75, 3.05) is 13.7 Å². The zero-order valence-electron chi connectivity index (χ0n) is 10.8. The number of rotatable bonds is 5. The highest BCUT2D eigenvalue weighted by Crippen LogP contribution is 2.25. The van der Waals surface area contributed by atoms with Gasteiger partial charge in [0.15, 0.2) is 0 Å². The van der Waals surface area contributed by atoms with Crippen LogP contribution >= 0.6 is 0 Å². The SMILES string of the molecule is COc1cc(C)c(C)cc1CCC(C)CN. The summed E-state index contributed by atoms with van der Waals surface area (Å²) in [6.07, 6.45) is 2.16. The first-order valence-electron chi connectivity index (χ1n) is 5.92. The normalized spacial score (nSPS) is 12.6. The maximum absolute atomic E-state index is 5.63. The zero-order chi connectivity index (χ0) is 12.1. The van der Waals surface area contributed by atoms with Crippen LogP contribution < -0.4 is 10.5 Å². The highest BCUT2D eigenvalue weighted by atomic mass is 16.5. The van der Waals surface area contributed by atoms with E-state index in [4.69, 9.17) is 10.5 Å². The second kappa shape index (κ2) is 5.90. The van der Waals surface area contributed by atoms with Gasteiger partial charge >= 0.3 is 0 Å². The van der Waals surface area contributed by atoms with Gasteiger partial charge in [-0.05, 0) is 61.9 Å². The van der Waals surface area contributed by atoms with E-state index in [0.717, 1.165) is 25.1 Å². The molecule has 1 aromatic carbocycles. The summed E-state index contributed by atoms with van der Waals surface area (Å²) in [5.74, 6) is 1.58. The molecule has 0 aromatic heterocycles. The van der Waals surface area contributed by atoms with Crippen LogP contribution in [0.1, 0.15) is 30.0 Å². The van der Waals surface area contributed by atoms with Crippen LogP contribution in [0.5, 0.6) is 5.75 Å². The molecule has 2 N–H and O–H groups in total. The van der Waals surface area contributed by atoms with Gasteiger partial charge in [-0.3, -0.25) is 0 Å². The fraction of sp³-hybridized carbons (Fsp3) is 0.571. The molecule has 1 rings (SSSR count). The lowest BCUT2D eigenvalue weighted by Crippen LogP contribution is -2.11. The van der Waals surface area contributed by atoms with Crippen molar-refractivity contribution >= 4 is 0 Å². The third kappa shape index (κ3) is 3.24. The minimum absolute atomic E-state index is 0.575. The molecule has 16 heavy (non-hydrogen) atoms. The minimum atomic E-state index is 0.575. The van der Waals surface area contributed by atoms with Crippen LogP contribution in [0, 0.1) is 19.8 Å². The molecular weight excluding hydrogens is 198 g/mol. The van der Waals surface area contributed by atoms with Crippen LogP contribution in [-0.4, -0.2) is 13.7 Å². The number of aryl methyl sites for hydroxylation is 3. The number of methoxy groups -OCH3 is 1. The fourth-order valence-electron chi connectivity index (χ4n) is 1.75. The number of hydrogen-bond acceptors (Lipinski definition) is 2.